The van der Waals surface area contributed by atoms with E-state index in [1.54, 1.807) is 29.4 Å². The number of rotatable bonds is 6. The Morgan fingerprint density at radius 2 is 1.85 bits per heavy atom. The lowest BCUT2D eigenvalue weighted by atomic mass is 10.1. The Morgan fingerprint density at radius 1 is 1.15 bits per heavy atom. The van der Waals surface area contributed by atoms with Crippen LogP contribution in [-0.4, -0.2) is 46.2 Å². The van der Waals surface area contributed by atoms with E-state index in [9.17, 15) is 4.79 Å². The zero-order chi connectivity index (χ0) is 18.5. The first kappa shape index (κ1) is 18.1. The van der Waals surface area contributed by atoms with Gasteiger partial charge in [-0.2, -0.15) is 0 Å². The van der Waals surface area contributed by atoms with Crippen LogP contribution >= 0.6 is 11.6 Å². The van der Waals surface area contributed by atoms with E-state index in [2.05, 4.69) is 15.5 Å². The van der Waals surface area contributed by atoms with Gasteiger partial charge in [-0.05, 0) is 37.9 Å². The predicted molar refractivity (Wildman–Crippen MR) is 102 cm³/mol. The third-order valence-corrected chi connectivity index (χ3v) is 4.30. The average Bonchev–Trinajstić information content (AvgIpc) is 3.16. The number of carbonyl (C=O) groups excluding carboxylic acids is 1. The van der Waals surface area contributed by atoms with Crippen molar-refractivity contribution >= 4 is 17.5 Å². The summed E-state index contributed by atoms with van der Waals surface area (Å²) in [6.07, 6.45) is 3.15. The molecule has 1 unspecified atom stereocenters. The van der Waals surface area contributed by atoms with Crippen molar-refractivity contribution in [1.29, 1.82) is 0 Å². The molecule has 0 fully saturated rings. The number of hydrogen-bond donors (Lipinski definition) is 1. The highest BCUT2D eigenvalue weighted by Gasteiger charge is 2.19. The van der Waals surface area contributed by atoms with Crippen LogP contribution in [0.1, 0.15) is 22.0 Å². The molecular formula is C19H20ClN5O. The lowest BCUT2D eigenvalue weighted by molar-refractivity contribution is 0.0930. The Morgan fingerprint density at radius 3 is 2.50 bits per heavy atom. The maximum Gasteiger partial charge on any atom is 0.253 e. The van der Waals surface area contributed by atoms with Crippen LogP contribution in [0, 0.1) is 0 Å². The van der Waals surface area contributed by atoms with Crippen molar-refractivity contribution in [3.63, 3.8) is 0 Å². The molecule has 1 N–H and O–H groups in total. The first-order valence-corrected chi connectivity index (χ1v) is 8.57. The molecule has 7 heteroatoms. The van der Waals surface area contributed by atoms with Gasteiger partial charge < -0.3 is 10.2 Å². The average molecular weight is 370 g/mol. The van der Waals surface area contributed by atoms with Crippen LogP contribution in [0.2, 0.25) is 5.02 Å². The van der Waals surface area contributed by atoms with E-state index in [-0.39, 0.29) is 11.9 Å². The van der Waals surface area contributed by atoms with Gasteiger partial charge in [-0.15, -0.1) is 10.2 Å². The van der Waals surface area contributed by atoms with Gasteiger partial charge in [0.05, 0.1) is 16.6 Å². The van der Waals surface area contributed by atoms with E-state index >= 15 is 0 Å². The Labute approximate surface area is 157 Å². The zero-order valence-electron chi connectivity index (χ0n) is 14.6. The quantitative estimate of drug-likeness (QED) is 0.725. The number of aromatic nitrogens is 3. The first-order chi connectivity index (χ1) is 12.5. The molecule has 0 aliphatic rings. The summed E-state index contributed by atoms with van der Waals surface area (Å²) in [7, 11) is 3.95. The molecular weight excluding hydrogens is 350 g/mol. The maximum atomic E-state index is 12.9. The molecule has 2 aromatic carbocycles. The molecule has 1 aromatic heterocycles. The van der Waals surface area contributed by atoms with Gasteiger partial charge in [-0.1, -0.05) is 41.9 Å². The Bertz CT molecular complexity index is 865. The van der Waals surface area contributed by atoms with Crippen molar-refractivity contribution in [3.8, 4) is 5.69 Å². The summed E-state index contributed by atoms with van der Waals surface area (Å²) in [6.45, 7) is 0.679. The molecule has 3 rings (SSSR count). The lowest BCUT2D eigenvalue weighted by Gasteiger charge is -2.23. The molecule has 1 heterocycles. The van der Waals surface area contributed by atoms with Crippen molar-refractivity contribution in [2.75, 3.05) is 20.6 Å². The molecule has 26 heavy (non-hydrogen) atoms. The molecule has 1 amide bonds. The van der Waals surface area contributed by atoms with Gasteiger partial charge in [0.15, 0.2) is 0 Å². The van der Waals surface area contributed by atoms with Crippen molar-refractivity contribution in [2.24, 2.45) is 0 Å². The fourth-order valence-electron chi connectivity index (χ4n) is 2.70. The molecule has 3 aromatic rings. The zero-order valence-corrected chi connectivity index (χ0v) is 15.4. The van der Waals surface area contributed by atoms with Crippen LogP contribution in [0.15, 0.2) is 61.2 Å². The normalized spacial score (nSPS) is 12.2. The fourth-order valence-corrected chi connectivity index (χ4v) is 2.91. The Balaban J connectivity index is 1.86. The van der Waals surface area contributed by atoms with Crippen LogP contribution in [0.25, 0.3) is 5.69 Å². The second kappa shape index (κ2) is 8.12. The van der Waals surface area contributed by atoms with Gasteiger partial charge in [0.2, 0.25) is 0 Å². The number of amides is 1. The summed E-state index contributed by atoms with van der Waals surface area (Å²) in [5.74, 6) is -0.222. The summed E-state index contributed by atoms with van der Waals surface area (Å²) in [5.41, 5.74) is 2.23. The Hall–Kier alpha value is -2.70. The molecule has 0 aliphatic heterocycles. The van der Waals surface area contributed by atoms with Crippen molar-refractivity contribution in [1.82, 2.24) is 25.0 Å². The summed E-state index contributed by atoms with van der Waals surface area (Å²) >= 11 is 6.28. The van der Waals surface area contributed by atoms with E-state index < -0.39 is 0 Å². The van der Waals surface area contributed by atoms with Gasteiger partial charge in [0.1, 0.15) is 12.7 Å². The van der Waals surface area contributed by atoms with Gasteiger partial charge in [-0.3, -0.25) is 9.36 Å². The maximum absolute atomic E-state index is 12.9. The van der Waals surface area contributed by atoms with Crippen molar-refractivity contribution in [2.45, 2.75) is 6.04 Å². The van der Waals surface area contributed by atoms with E-state index in [1.807, 2.05) is 55.4 Å². The molecule has 0 radical (unpaired) electrons. The summed E-state index contributed by atoms with van der Waals surface area (Å²) in [5, 5.41) is 11.1. The largest absolute Gasteiger partial charge is 0.344 e. The summed E-state index contributed by atoms with van der Waals surface area (Å²) in [4.78, 5) is 14.9. The minimum atomic E-state index is -0.222. The number of nitrogens with one attached hydrogen (secondary N) is 1. The molecule has 0 spiro atoms. The van der Waals surface area contributed by atoms with Crippen LogP contribution < -0.4 is 5.32 Å². The fraction of sp³-hybridized carbons (Fsp3) is 0.211. The summed E-state index contributed by atoms with van der Waals surface area (Å²) < 4.78 is 1.72. The molecule has 1 atom stereocenters. The molecule has 134 valence electrons. The number of halogens is 1. The van der Waals surface area contributed by atoms with Crippen molar-refractivity contribution < 1.29 is 4.79 Å². The predicted octanol–water partition coefficient (Wildman–Crippen LogP) is 2.95. The Kier molecular flexibility index (Phi) is 5.65. The van der Waals surface area contributed by atoms with Gasteiger partial charge >= 0.3 is 0 Å². The highest BCUT2D eigenvalue weighted by atomic mass is 35.5. The lowest BCUT2D eigenvalue weighted by Crippen LogP contribution is -2.35. The topological polar surface area (TPSA) is 63.1 Å². The van der Waals surface area contributed by atoms with E-state index in [0.717, 1.165) is 11.3 Å². The highest BCUT2D eigenvalue weighted by molar-refractivity contribution is 6.33. The number of carbonyl (C=O) groups is 1. The second-order valence-corrected chi connectivity index (χ2v) is 6.64. The number of hydrogen-bond acceptors (Lipinski definition) is 4. The number of likely N-dealkylation sites (N-methyl/N-ethyl adjacent to an activating group) is 1. The van der Waals surface area contributed by atoms with Crippen LogP contribution in [0.3, 0.4) is 0 Å². The summed E-state index contributed by atoms with van der Waals surface area (Å²) in [6, 6.07) is 15.0. The molecule has 0 saturated carbocycles. The second-order valence-electron chi connectivity index (χ2n) is 6.23. The van der Waals surface area contributed by atoms with Crippen LogP contribution in [0.5, 0.6) is 0 Å². The number of nitrogens with zero attached hydrogens (tertiary/aromatic N) is 4. The minimum absolute atomic E-state index is 0.145. The highest BCUT2D eigenvalue weighted by Crippen LogP contribution is 2.21. The third kappa shape index (κ3) is 4.28. The van der Waals surface area contributed by atoms with E-state index in [1.165, 1.54) is 0 Å². The molecule has 0 aliphatic carbocycles. The first-order valence-electron chi connectivity index (χ1n) is 8.19. The van der Waals surface area contributed by atoms with Gasteiger partial charge in [0.25, 0.3) is 5.91 Å². The van der Waals surface area contributed by atoms with Crippen LogP contribution in [0.4, 0.5) is 0 Å². The van der Waals surface area contributed by atoms with Gasteiger partial charge in [0, 0.05) is 12.2 Å². The van der Waals surface area contributed by atoms with Crippen molar-refractivity contribution in [3.05, 3.63) is 77.3 Å². The third-order valence-electron chi connectivity index (χ3n) is 3.97. The van der Waals surface area contributed by atoms with E-state index in [0.29, 0.717) is 17.1 Å². The number of benzene rings is 2. The molecule has 6 nitrogen and oxygen atoms in total. The molecule has 0 bridgehead atoms. The minimum Gasteiger partial charge on any atom is -0.344 e. The monoisotopic (exact) mass is 369 g/mol. The van der Waals surface area contributed by atoms with E-state index in [4.69, 9.17) is 11.6 Å². The standard InChI is InChI=1S/C19H20ClN5O/c1-24(2)11-18(14-6-4-3-5-7-14)23-19(26)16-10-15(8-9-17(16)20)25-12-21-22-13-25/h3-10,12-13,18H,11H2,1-2H3,(H,23,26). The van der Waals surface area contributed by atoms with Crippen LogP contribution in [-0.2, 0) is 0 Å². The smallest absolute Gasteiger partial charge is 0.253 e. The molecule has 0 saturated heterocycles. The van der Waals surface area contributed by atoms with Gasteiger partial charge in [-0.25, -0.2) is 0 Å². The SMILES string of the molecule is CN(C)CC(NC(=O)c1cc(-n2cnnc2)ccc1Cl)c1ccccc1.